The fourth-order valence-corrected chi connectivity index (χ4v) is 1.89. The minimum Gasteiger partial charge on any atom is -0.496 e. The van der Waals surface area contributed by atoms with Crippen LogP contribution in [0.1, 0.15) is 0 Å². The molecule has 3 aromatic rings. The van der Waals surface area contributed by atoms with E-state index in [0.717, 1.165) is 0 Å². The Balaban J connectivity index is 2.29. The van der Waals surface area contributed by atoms with Crippen LogP contribution in [0.15, 0.2) is 30.6 Å². The predicted octanol–water partition coefficient (Wildman–Crippen LogP) is 1.52. The molecule has 7 heteroatoms. The Kier molecular flexibility index (Phi) is 2.52. The molecule has 0 fully saturated rings. The normalized spacial score (nSPS) is 10.8. The Morgan fingerprint density at radius 2 is 2.16 bits per heavy atom. The van der Waals surface area contributed by atoms with Crippen LogP contribution in [0.4, 0.5) is 10.3 Å². The zero-order valence-electron chi connectivity index (χ0n) is 10.0. The molecule has 2 heterocycles. The van der Waals surface area contributed by atoms with Gasteiger partial charge in [0.05, 0.1) is 25.2 Å². The maximum atomic E-state index is 13.2. The van der Waals surface area contributed by atoms with Gasteiger partial charge in [-0.2, -0.15) is 4.98 Å². The van der Waals surface area contributed by atoms with E-state index < -0.39 is 0 Å². The lowest BCUT2D eigenvalue weighted by Crippen LogP contribution is -1.98. The van der Waals surface area contributed by atoms with Crippen LogP contribution in [0.5, 0.6) is 5.75 Å². The van der Waals surface area contributed by atoms with Gasteiger partial charge < -0.3 is 10.5 Å². The lowest BCUT2D eigenvalue weighted by Gasteiger charge is -2.09. The number of anilines is 1. The van der Waals surface area contributed by atoms with Crippen molar-refractivity contribution in [3.63, 3.8) is 0 Å². The summed E-state index contributed by atoms with van der Waals surface area (Å²) in [5.74, 6) is 0.164. The molecule has 0 aliphatic heterocycles. The number of hydrogen-bond acceptors (Lipinski definition) is 5. The van der Waals surface area contributed by atoms with Crippen LogP contribution in [-0.4, -0.2) is 26.7 Å². The number of halogens is 1. The maximum Gasteiger partial charge on any atom is 0.240 e. The Labute approximate surface area is 107 Å². The third-order valence-electron chi connectivity index (χ3n) is 2.70. The summed E-state index contributed by atoms with van der Waals surface area (Å²) in [5.41, 5.74) is 7.37. The van der Waals surface area contributed by atoms with Crippen molar-refractivity contribution in [2.45, 2.75) is 0 Å². The molecule has 96 valence electrons. The van der Waals surface area contributed by atoms with Crippen molar-refractivity contribution >= 4 is 11.6 Å². The van der Waals surface area contributed by atoms with E-state index in [0.29, 0.717) is 22.7 Å². The number of hydrogen-bond donors (Lipinski definition) is 1. The van der Waals surface area contributed by atoms with Gasteiger partial charge in [0.25, 0.3) is 0 Å². The van der Waals surface area contributed by atoms with Gasteiger partial charge in [0, 0.05) is 11.6 Å². The lowest BCUT2D eigenvalue weighted by atomic mass is 10.1. The Morgan fingerprint density at radius 3 is 2.95 bits per heavy atom. The number of nitrogens with two attached hydrogens (primary N) is 1. The summed E-state index contributed by atoms with van der Waals surface area (Å²) in [6.07, 6.45) is 3.14. The highest BCUT2D eigenvalue weighted by Gasteiger charge is 2.13. The molecule has 0 atom stereocenters. The fourth-order valence-electron chi connectivity index (χ4n) is 1.89. The van der Waals surface area contributed by atoms with Gasteiger partial charge in [0.2, 0.25) is 5.95 Å². The lowest BCUT2D eigenvalue weighted by molar-refractivity contribution is 0.412. The van der Waals surface area contributed by atoms with Crippen molar-refractivity contribution in [1.82, 2.24) is 19.6 Å². The van der Waals surface area contributed by atoms with Crippen molar-refractivity contribution in [2.24, 2.45) is 0 Å². The monoisotopic (exact) mass is 259 g/mol. The van der Waals surface area contributed by atoms with E-state index in [-0.39, 0.29) is 11.8 Å². The van der Waals surface area contributed by atoms with E-state index >= 15 is 0 Å². The van der Waals surface area contributed by atoms with Gasteiger partial charge in [-0.15, -0.1) is 5.10 Å². The van der Waals surface area contributed by atoms with E-state index in [1.54, 1.807) is 18.5 Å². The molecule has 2 N–H and O–H groups in total. The Morgan fingerprint density at radius 1 is 1.32 bits per heavy atom. The van der Waals surface area contributed by atoms with Crippen LogP contribution in [0.25, 0.3) is 16.9 Å². The first-order valence-corrected chi connectivity index (χ1v) is 5.49. The summed E-state index contributed by atoms with van der Waals surface area (Å²) in [5, 5.41) is 4.08. The Bertz CT molecular complexity index is 755. The molecule has 0 radical (unpaired) electrons. The highest BCUT2D eigenvalue weighted by atomic mass is 19.1. The molecule has 0 amide bonds. The molecular formula is C12H10FN5O. The van der Waals surface area contributed by atoms with E-state index in [4.69, 9.17) is 10.5 Å². The van der Waals surface area contributed by atoms with Gasteiger partial charge in [-0.3, -0.25) is 4.98 Å². The van der Waals surface area contributed by atoms with Crippen LogP contribution < -0.4 is 10.5 Å². The van der Waals surface area contributed by atoms with Crippen LogP contribution in [-0.2, 0) is 0 Å². The van der Waals surface area contributed by atoms with Crippen LogP contribution >= 0.6 is 0 Å². The molecule has 6 nitrogen and oxygen atoms in total. The molecular weight excluding hydrogens is 249 g/mol. The summed E-state index contributed by atoms with van der Waals surface area (Å²) in [4.78, 5) is 8.10. The average Bonchev–Trinajstić information content (AvgIpc) is 2.78. The zero-order chi connectivity index (χ0) is 13.4. The number of aromatic nitrogens is 4. The smallest absolute Gasteiger partial charge is 0.240 e. The maximum absolute atomic E-state index is 13.2. The van der Waals surface area contributed by atoms with Crippen molar-refractivity contribution < 1.29 is 9.13 Å². The molecule has 3 rings (SSSR count). The second-order valence-corrected chi connectivity index (χ2v) is 3.88. The molecule has 19 heavy (non-hydrogen) atoms. The van der Waals surface area contributed by atoms with Crippen molar-refractivity contribution in [2.75, 3.05) is 12.8 Å². The number of nitrogen functional groups attached to an aromatic ring is 1. The van der Waals surface area contributed by atoms with Gasteiger partial charge >= 0.3 is 0 Å². The zero-order valence-corrected chi connectivity index (χ0v) is 10.0. The molecule has 2 aromatic heterocycles. The molecule has 0 saturated carbocycles. The van der Waals surface area contributed by atoms with Crippen LogP contribution in [0.2, 0.25) is 0 Å². The summed E-state index contributed by atoms with van der Waals surface area (Å²) >= 11 is 0. The van der Waals surface area contributed by atoms with Crippen LogP contribution in [0.3, 0.4) is 0 Å². The largest absolute Gasteiger partial charge is 0.496 e. The average molecular weight is 259 g/mol. The number of benzene rings is 1. The number of ether oxygens (including phenoxy) is 1. The highest BCUT2D eigenvalue weighted by Crippen LogP contribution is 2.30. The van der Waals surface area contributed by atoms with E-state index in [1.165, 1.54) is 23.8 Å². The van der Waals surface area contributed by atoms with Gasteiger partial charge in [-0.1, -0.05) is 0 Å². The van der Waals surface area contributed by atoms with Gasteiger partial charge in [0.15, 0.2) is 5.65 Å². The van der Waals surface area contributed by atoms with Gasteiger partial charge in [-0.25, -0.2) is 8.91 Å². The summed E-state index contributed by atoms with van der Waals surface area (Å²) in [7, 11) is 1.47. The first-order chi connectivity index (χ1) is 9.19. The minimum atomic E-state index is -0.376. The molecule has 0 aliphatic carbocycles. The van der Waals surface area contributed by atoms with E-state index in [1.807, 2.05) is 0 Å². The van der Waals surface area contributed by atoms with E-state index in [9.17, 15) is 4.39 Å². The van der Waals surface area contributed by atoms with Crippen LogP contribution in [0, 0.1) is 5.82 Å². The summed E-state index contributed by atoms with van der Waals surface area (Å²) in [6.45, 7) is 0. The van der Waals surface area contributed by atoms with E-state index in [2.05, 4.69) is 15.1 Å². The molecule has 0 saturated heterocycles. The Hall–Kier alpha value is -2.70. The third kappa shape index (κ3) is 1.85. The molecule has 0 bridgehead atoms. The predicted molar refractivity (Wildman–Crippen MR) is 67.1 cm³/mol. The number of rotatable bonds is 2. The first kappa shape index (κ1) is 11.4. The topological polar surface area (TPSA) is 78.3 Å². The van der Waals surface area contributed by atoms with Gasteiger partial charge in [-0.05, 0) is 12.1 Å². The SMILES string of the molecule is COc1cc(F)ccc1-c1cncc2nc(N)nn12. The third-order valence-corrected chi connectivity index (χ3v) is 2.70. The molecule has 0 spiro atoms. The van der Waals surface area contributed by atoms with Crippen molar-refractivity contribution in [1.29, 1.82) is 0 Å². The fraction of sp³-hybridized carbons (Fsp3) is 0.0833. The summed E-state index contributed by atoms with van der Waals surface area (Å²) in [6, 6.07) is 4.24. The number of methoxy groups -OCH3 is 1. The second-order valence-electron chi connectivity index (χ2n) is 3.88. The first-order valence-electron chi connectivity index (χ1n) is 5.49. The second kappa shape index (κ2) is 4.20. The quantitative estimate of drug-likeness (QED) is 0.755. The van der Waals surface area contributed by atoms with Crippen molar-refractivity contribution in [3.05, 3.63) is 36.4 Å². The molecule has 0 unspecified atom stereocenters. The molecule has 0 aliphatic rings. The molecule has 1 aromatic carbocycles. The number of nitrogens with zero attached hydrogens (tertiary/aromatic N) is 4. The standard InChI is InChI=1S/C12H10FN5O/c1-19-10-4-7(13)2-3-8(10)9-5-15-6-11-16-12(14)17-18(9)11/h2-6H,1H3,(H2,14,17). The minimum absolute atomic E-state index is 0.148. The summed E-state index contributed by atoms with van der Waals surface area (Å²) < 4.78 is 19.9. The number of fused-ring (bicyclic) bond motifs is 1. The highest BCUT2D eigenvalue weighted by molar-refractivity contribution is 5.68. The van der Waals surface area contributed by atoms with Gasteiger partial charge in [0.1, 0.15) is 11.6 Å². The van der Waals surface area contributed by atoms with Crippen molar-refractivity contribution in [3.8, 4) is 17.0 Å².